The van der Waals surface area contributed by atoms with Crippen molar-refractivity contribution < 1.29 is 4.39 Å². The number of hydrogen-bond donors (Lipinski definition) is 2. The second-order valence-corrected chi connectivity index (χ2v) is 6.69. The molecule has 24 heavy (non-hydrogen) atoms. The summed E-state index contributed by atoms with van der Waals surface area (Å²) in [6.07, 6.45) is 3.04. The zero-order chi connectivity index (χ0) is 17.4. The number of benzene rings is 1. The predicted octanol–water partition coefficient (Wildman–Crippen LogP) is 2.80. The third-order valence-corrected chi connectivity index (χ3v) is 4.50. The molecule has 134 valence electrons. The van der Waals surface area contributed by atoms with Crippen molar-refractivity contribution in [3.8, 4) is 0 Å². The van der Waals surface area contributed by atoms with Gasteiger partial charge in [-0.25, -0.2) is 4.39 Å². The Kier molecular flexibility index (Phi) is 7.50. The minimum Gasteiger partial charge on any atom is -0.357 e. The predicted molar refractivity (Wildman–Crippen MR) is 98.9 cm³/mol. The molecule has 1 aromatic rings. The second-order valence-electron chi connectivity index (χ2n) is 6.69. The van der Waals surface area contributed by atoms with Crippen LogP contribution < -0.4 is 10.6 Å². The molecule has 1 saturated heterocycles. The van der Waals surface area contributed by atoms with Gasteiger partial charge in [0.1, 0.15) is 5.82 Å². The fraction of sp³-hybridized carbons (Fsp3) is 0.632. The van der Waals surface area contributed by atoms with Gasteiger partial charge in [-0.15, -0.1) is 0 Å². The van der Waals surface area contributed by atoms with Gasteiger partial charge in [0.05, 0.1) is 0 Å². The minimum absolute atomic E-state index is 0.182. The van der Waals surface area contributed by atoms with E-state index in [2.05, 4.69) is 41.3 Å². The molecule has 0 amide bonds. The lowest BCUT2D eigenvalue weighted by atomic mass is 10.0. The van der Waals surface area contributed by atoms with Gasteiger partial charge in [0.2, 0.25) is 0 Å². The molecule has 5 heteroatoms. The molecule has 0 bridgehead atoms. The Morgan fingerprint density at radius 1 is 1.33 bits per heavy atom. The lowest BCUT2D eigenvalue weighted by Gasteiger charge is -2.35. The molecular weight excluding hydrogens is 303 g/mol. The van der Waals surface area contributed by atoms with Crippen LogP contribution in [0.3, 0.4) is 0 Å². The molecule has 0 atom stereocenters. The van der Waals surface area contributed by atoms with Crippen LogP contribution in [0.2, 0.25) is 0 Å². The molecular formula is C19H31FN4. The number of rotatable bonds is 6. The maximum absolute atomic E-state index is 13.2. The number of piperidine rings is 1. The van der Waals surface area contributed by atoms with Gasteiger partial charge in [0.15, 0.2) is 5.96 Å². The summed E-state index contributed by atoms with van der Waals surface area (Å²) >= 11 is 0. The Labute approximate surface area is 145 Å². The zero-order valence-electron chi connectivity index (χ0n) is 15.2. The van der Waals surface area contributed by atoms with E-state index in [1.165, 1.54) is 6.07 Å². The van der Waals surface area contributed by atoms with Gasteiger partial charge in [-0.05, 0) is 57.7 Å². The van der Waals surface area contributed by atoms with E-state index in [0.717, 1.165) is 50.4 Å². The van der Waals surface area contributed by atoms with Crippen LogP contribution >= 0.6 is 0 Å². The van der Waals surface area contributed by atoms with E-state index in [0.29, 0.717) is 18.6 Å². The highest BCUT2D eigenvalue weighted by molar-refractivity contribution is 5.80. The van der Waals surface area contributed by atoms with Crippen LogP contribution in [0.15, 0.2) is 29.3 Å². The summed E-state index contributed by atoms with van der Waals surface area (Å²) in [5, 5.41) is 6.86. The van der Waals surface area contributed by atoms with Gasteiger partial charge in [0.25, 0.3) is 0 Å². The Hall–Kier alpha value is -1.62. The summed E-state index contributed by atoms with van der Waals surface area (Å²) in [7, 11) is 0. The van der Waals surface area contributed by atoms with E-state index in [4.69, 9.17) is 0 Å². The van der Waals surface area contributed by atoms with Crippen LogP contribution in [0.1, 0.15) is 39.2 Å². The highest BCUT2D eigenvalue weighted by atomic mass is 19.1. The molecule has 1 fully saturated rings. The highest BCUT2D eigenvalue weighted by Gasteiger charge is 2.21. The Morgan fingerprint density at radius 2 is 2.08 bits per heavy atom. The summed E-state index contributed by atoms with van der Waals surface area (Å²) in [4.78, 5) is 7.17. The van der Waals surface area contributed by atoms with Crippen molar-refractivity contribution in [2.24, 2.45) is 4.99 Å². The first-order valence-electron chi connectivity index (χ1n) is 9.11. The first kappa shape index (κ1) is 18.7. The maximum atomic E-state index is 13.2. The molecule has 2 rings (SSSR count). The van der Waals surface area contributed by atoms with E-state index in [1.54, 1.807) is 12.1 Å². The smallest absolute Gasteiger partial charge is 0.191 e. The topological polar surface area (TPSA) is 39.7 Å². The number of hydrogen-bond acceptors (Lipinski definition) is 2. The fourth-order valence-corrected chi connectivity index (χ4v) is 3.06. The van der Waals surface area contributed by atoms with Crippen molar-refractivity contribution in [3.63, 3.8) is 0 Å². The third kappa shape index (κ3) is 6.11. The van der Waals surface area contributed by atoms with Crippen molar-refractivity contribution in [2.75, 3.05) is 26.2 Å². The number of nitrogens with zero attached hydrogens (tertiary/aromatic N) is 2. The lowest BCUT2D eigenvalue weighted by molar-refractivity contribution is 0.167. The van der Waals surface area contributed by atoms with E-state index >= 15 is 0 Å². The summed E-state index contributed by atoms with van der Waals surface area (Å²) in [6.45, 7) is 10.4. The van der Waals surface area contributed by atoms with Crippen LogP contribution in [-0.4, -0.2) is 49.1 Å². The zero-order valence-corrected chi connectivity index (χ0v) is 15.2. The summed E-state index contributed by atoms with van der Waals surface area (Å²) in [5.74, 6) is 0.690. The van der Waals surface area contributed by atoms with Crippen molar-refractivity contribution in [2.45, 2.75) is 52.1 Å². The minimum atomic E-state index is -0.182. The van der Waals surface area contributed by atoms with E-state index < -0.39 is 0 Å². The molecule has 0 unspecified atom stereocenters. The Bertz CT molecular complexity index is 522. The van der Waals surface area contributed by atoms with Gasteiger partial charge < -0.3 is 15.5 Å². The molecule has 0 aromatic heterocycles. The Balaban J connectivity index is 1.82. The van der Waals surface area contributed by atoms with Gasteiger partial charge in [-0.2, -0.15) is 0 Å². The van der Waals surface area contributed by atoms with Crippen LogP contribution in [0, 0.1) is 5.82 Å². The third-order valence-electron chi connectivity index (χ3n) is 4.50. The Morgan fingerprint density at radius 3 is 2.71 bits per heavy atom. The molecule has 0 aliphatic carbocycles. The van der Waals surface area contributed by atoms with E-state index in [1.807, 2.05) is 6.07 Å². The molecule has 0 radical (unpaired) electrons. The molecule has 1 aromatic carbocycles. The molecule has 1 aliphatic heterocycles. The largest absolute Gasteiger partial charge is 0.357 e. The quantitative estimate of drug-likeness (QED) is 0.621. The van der Waals surface area contributed by atoms with E-state index in [9.17, 15) is 4.39 Å². The standard InChI is InChI=1S/C19H31FN4/c1-4-21-19(22-11-8-16-6-5-7-17(20)14-16)23-18-9-12-24(13-10-18)15(2)3/h5-7,14-15,18H,4,8-13H2,1-3H3,(H2,21,22,23). The molecule has 2 N–H and O–H groups in total. The van der Waals surface area contributed by atoms with Crippen molar-refractivity contribution in [1.29, 1.82) is 0 Å². The number of halogens is 1. The average molecular weight is 334 g/mol. The number of nitrogens with one attached hydrogen (secondary N) is 2. The van der Waals surface area contributed by atoms with Crippen molar-refractivity contribution in [3.05, 3.63) is 35.6 Å². The van der Waals surface area contributed by atoms with Crippen LogP contribution in [0.25, 0.3) is 0 Å². The molecule has 4 nitrogen and oxygen atoms in total. The van der Waals surface area contributed by atoms with Crippen molar-refractivity contribution >= 4 is 5.96 Å². The van der Waals surface area contributed by atoms with Gasteiger partial charge in [-0.3, -0.25) is 4.99 Å². The summed E-state index contributed by atoms with van der Waals surface area (Å²) in [6, 6.07) is 7.85. The molecule has 0 spiro atoms. The number of aliphatic imine (C=N–C) groups is 1. The van der Waals surface area contributed by atoms with Crippen LogP contribution in [0.5, 0.6) is 0 Å². The fourth-order valence-electron chi connectivity index (χ4n) is 3.06. The maximum Gasteiger partial charge on any atom is 0.191 e. The van der Waals surface area contributed by atoms with Crippen molar-refractivity contribution in [1.82, 2.24) is 15.5 Å². The molecule has 1 heterocycles. The van der Waals surface area contributed by atoms with Gasteiger partial charge in [-0.1, -0.05) is 12.1 Å². The van der Waals surface area contributed by atoms with E-state index in [-0.39, 0.29) is 5.82 Å². The number of likely N-dealkylation sites (tertiary alicyclic amines) is 1. The van der Waals surface area contributed by atoms with Gasteiger partial charge >= 0.3 is 0 Å². The van der Waals surface area contributed by atoms with Crippen LogP contribution in [-0.2, 0) is 6.42 Å². The lowest BCUT2D eigenvalue weighted by Crippen LogP contribution is -2.49. The SMILES string of the molecule is CCNC(=NCCc1cccc(F)c1)NC1CCN(C(C)C)CC1. The first-order chi connectivity index (χ1) is 11.6. The average Bonchev–Trinajstić information content (AvgIpc) is 2.55. The normalized spacial score (nSPS) is 17.3. The monoisotopic (exact) mass is 334 g/mol. The molecule has 1 aliphatic rings. The van der Waals surface area contributed by atoms with Gasteiger partial charge in [0, 0.05) is 38.3 Å². The first-order valence-corrected chi connectivity index (χ1v) is 9.11. The second kappa shape index (κ2) is 9.62. The number of guanidine groups is 1. The summed E-state index contributed by atoms with van der Waals surface area (Å²) < 4.78 is 13.2. The molecule has 0 saturated carbocycles. The highest BCUT2D eigenvalue weighted by Crippen LogP contribution is 2.12. The summed E-state index contributed by atoms with van der Waals surface area (Å²) in [5.41, 5.74) is 0.986. The van der Waals surface area contributed by atoms with Crippen LogP contribution in [0.4, 0.5) is 4.39 Å².